The fourth-order valence-corrected chi connectivity index (χ4v) is 14.1. The van der Waals surface area contributed by atoms with Crippen LogP contribution in [0.1, 0.15) is 73.4 Å². The van der Waals surface area contributed by atoms with Crippen molar-refractivity contribution in [1.29, 1.82) is 0 Å². The first-order chi connectivity index (χ1) is 59.0. The molecular formula is C104H101Ir5N9O10+4. The predicted molar refractivity (Wildman–Crippen MR) is 502 cm³/mol. The number of pyridine rings is 1. The number of carboxylic acids is 5. The van der Waals surface area contributed by atoms with Crippen molar-refractivity contribution >= 4 is 106 Å². The number of aliphatic hydroxyl groups excluding tert-OH is 5. The van der Waals surface area contributed by atoms with Gasteiger partial charge >= 0.3 is 29.8 Å². The Labute approximate surface area is 812 Å². The summed E-state index contributed by atoms with van der Waals surface area (Å²) in [4.78, 5) is 43.3. The fourth-order valence-electron chi connectivity index (χ4n) is 14.1. The van der Waals surface area contributed by atoms with E-state index in [4.69, 9.17) is 54.5 Å². The van der Waals surface area contributed by atoms with Gasteiger partial charge in [0.05, 0.1) is 33.2 Å². The van der Waals surface area contributed by atoms with Gasteiger partial charge in [-0.1, -0.05) is 152 Å². The van der Waals surface area contributed by atoms with Crippen LogP contribution < -0.4 is 0 Å². The first kappa shape index (κ1) is 105. The summed E-state index contributed by atoms with van der Waals surface area (Å²) >= 11 is 0. The van der Waals surface area contributed by atoms with Crippen molar-refractivity contribution in [2.75, 3.05) is 0 Å². The summed E-state index contributed by atoms with van der Waals surface area (Å²) in [7, 11) is 6.15. The van der Waals surface area contributed by atoms with Crippen LogP contribution >= 0.6 is 0 Å². The summed E-state index contributed by atoms with van der Waals surface area (Å²) in [6.45, 7) is 14.6. The molecule has 5 heterocycles. The van der Waals surface area contributed by atoms with Gasteiger partial charge in [0.2, 0.25) is 0 Å². The molecule has 0 fully saturated rings. The van der Waals surface area contributed by atoms with Gasteiger partial charge in [0.15, 0.2) is 58.4 Å². The number of aromatic nitrogens is 9. The first-order valence-electron chi connectivity index (χ1n) is 39.6. The quantitative estimate of drug-likeness (QED) is 0.0614. The van der Waals surface area contributed by atoms with Crippen molar-refractivity contribution in [1.82, 2.24) is 41.5 Å². The number of fused-ring (bicyclic) bond motifs is 7. The molecule has 1 aliphatic rings. The molecule has 19 nitrogen and oxygen atoms in total. The average molecular weight is 2600 g/mol. The number of aliphatic carboxylic acids is 5. The number of benzene rings is 14. The van der Waals surface area contributed by atoms with Crippen LogP contribution in [0.25, 0.3) is 127 Å². The van der Waals surface area contributed by atoms with Crippen molar-refractivity contribution in [2.24, 2.45) is 26.6 Å². The van der Waals surface area contributed by atoms with E-state index in [1.54, 1.807) is 20.8 Å². The molecule has 0 bridgehead atoms. The Bertz CT molecular complexity index is 6730. The molecular weight excluding hydrogens is 2500 g/mol. The maximum absolute atomic E-state index is 8.36. The summed E-state index contributed by atoms with van der Waals surface area (Å²) in [5, 5.41) is 47.4. The van der Waals surface area contributed by atoms with E-state index in [-0.39, 0.29) is 106 Å². The topological polar surface area (TPSA) is 260 Å². The van der Waals surface area contributed by atoms with Gasteiger partial charge < -0.3 is 49.5 Å². The Morgan fingerprint density at radius 2 is 0.797 bits per heavy atom. The Hall–Kier alpha value is -12.3. The molecule has 0 saturated carbocycles. The van der Waals surface area contributed by atoms with Crippen molar-refractivity contribution in [3.8, 4) is 50.8 Å². The molecule has 24 heteroatoms. The van der Waals surface area contributed by atoms with E-state index in [0.717, 1.165) is 45.2 Å². The second-order valence-corrected chi connectivity index (χ2v) is 30.4. The third kappa shape index (κ3) is 26.7. The van der Waals surface area contributed by atoms with Crippen molar-refractivity contribution in [3.63, 3.8) is 0 Å². The third-order valence-electron chi connectivity index (χ3n) is 19.7. The zero-order chi connectivity index (χ0) is 88.1. The van der Waals surface area contributed by atoms with Gasteiger partial charge in [0.25, 0.3) is 0 Å². The normalized spacial score (nSPS) is 10.7. The van der Waals surface area contributed by atoms with Crippen LogP contribution in [0.4, 0.5) is 0 Å². The number of carboxylic acid groups (broad SMARTS) is 5. The van der Waals surface area contributed by atoms with Crippen molar-refractivity contribution in [2.45, 2.75) is 67.7 Å². The Balaban J connectivity index is 0.000000233. The summed E-state index contributed by atoms with van der Waals surface area (Å²) in [6.07, 6.45) is 12.4. The van der Waals surface area contributed by atoms with E-state index in [9.17, 15) is 0 Å². The molecule has 0 spiro atoms. The Morgan fingerprint density at radius 3 is 1.31 bits per heavy atom. The molecule has 0 atom stereocenters. The van der Waals surface area contributed by atoms with E-state index in [1.807, 2.05) is 114 Å². The minimum Gasteiger partial charge on any atom is -0.339 e. The zero-order valence-corrected chi connectivity index (χ0v) is 84.4. The molecule has 0 unspecified atom stereocenters. The molecule has 0 amide bonds. The maximum atomic E-state index is 8.36. The van der Waals surface area contributed by atoms with Gasteiger partial charge in [-0.25, -0.2) is 22.8 Å². The van der Waals surface area contributed by atoms with E-state index in [2.05, 4.69) is 323 Å². The molecule has 10 N–H and O–H groups in total. The predicted octanol–water partition coefficient (Wildman–Crippen LogP) is 22.8. The van der Waals surface area contributed by atoms with Crippen LogP contribution in [0.5, 0.6) is 0 Å². The molecule has 14 aromatic carbocycles. The Kier molecular flexibility index (Phi) is 39.7. The van der Waals surface area contributed by atoms with Crippen LogP contribution in [0.3, 0.4) is 0 Å². The SMILES string of the molecule is CC(C)(C)C(O)=[OH+].CC(O)=[OH+].CC(O)=[OH+].CC(O)=[OH+].CC(O)=[OH+].CC1(C)c2ccccc2-c2c[c-]c(-c3ccc4ccccc4n3)cc21.Cn1[cH+]n(-c2[c-]cc3ccc4cccc5ccc2c3c45)c2ccccc21.Cn1[cH+]n(-c2[c-]cccc2)c2ccccc21.Cn1ccn(-c2[c-]cccc2)[cH+]1.[Ir].[Ir].[Ir].[Ir].[Ir].[c-]1ccccc1-n1[cH+]n(-c2ccccc2)c2ccccc21. The number of rotatable bonds is 6. The fraction of sp³-hybridized carbons (Fsp3) is 0.135. The number of imidazole rings is 4. The Morgan fingerprint density at radius 1 is 0.375 bits per heavy atom. The molecule has 5 aromatic heterocycles. The summed E-state index contributed by atoms with van der Waals surface area (Å²) in [6, 6.07) is 119. The molecule has 5 radical (unpaired) electrons. The zero-order valence-electron chi connectivity index (χ0n) is 72.4. The van der Waals surface area contributed by atoms with Crippen molar-refractivity contribution in [3.05, 3.63) is 376 Å². The van der Waals surface area contributed by atoms with Crippen LogP contribution in [0, 0.1) is 35.7 Å². The van der Waals surface area contributed by atoms with Gasteiger partial charge in [0, 0.05) is 181 Å². The molecule has 128 heavy (non-hydrogen) atoms. The van der Waals surface area contributed by atoms with Gasteiger partial charge in [-0.05, 0) is 101 Å². The molecule has 0 saturated heterocycles. The maximum Gasteiger partial charge on any atom is 0.485 e. The van der Waals surface area contributed by atoms with Crippen LogP contribution in [0.2, 0.25) is 0 Å². The van der Waals surface area contributed by atoms with Gasteiger partial charge in [-0.2, -0.15) is 69.8 Å². The van der Waals surface area contributed by atoms with Crippen LogP contribution in [0.15, 0.2) is 335 Å². The van der Waals surface area contributed by atoms with Gasteiger partial charge in [-0.3, -0.25) is 9.55 Å². The number of hydrogen-bond donors (Lipinski definition) is 5. The van der Waals surface area contributed by atoms with E-state index < -0.39 is 35.3 Å². The second kappa shape index (κ2) is 48.6. The minimum atomic E-state index is -0.583. The van der Waals surface area contributed by atoms with Crippen molar-refractivity contribution < 1.29 is 150 Å². The summed E-state index contributed by atoms with van der Waals surface area (Å²) in [5.41, 5.74) is 20.6. The monoisotopic (exact) mass is 2600 g/mol. The number of para-hydroxylation sites is 11. The molecule has 1 aliphatic carbocycles. The van der Waals surface area contributed by atoms with Crippen LogP contribution in [-0.4, -0.2) is 121 Å². The molecule has 19 aromatic rings. The number of hydrogen-bond acceptors (Lipinski definition) is 1. The number of nitrogens with zero attached hydrogens (tertiary/aromatic N) is 9. The second-order valence-electron chi connectivity index (χ2n) is 30.4. The first-order valence-corrected chi connectivity index (χ1v) is 39.6. The van der Waals surface area contributed by atoms with E-state index in [1.165, 1.54) is 121 Å². The van der Waals surface area contributed by atoms with E-state index >= 15 is 0 Å². The van der Waals surface area contributed by atoms with Gasteiger partial charge in [-0.15, -0.1) is 88.6 Å². The van der Waals surface area contributed by atoms with Gasteiger partial charge in [0.1, 0.15) is 23.5 Å². The number of aryl methyl sites for hydroxylation is 3. The molecule has 663 valence electrons. The molecule has 0 aliphatic heterocycles. The standard InChI is InChI=1S/C24H16N2.C24H18N.C19H14N2.C14H12N2.C10H10N2.C5H10O2.4C2H4O2.5Ir/c1-25-15-26(22-8-3-2-7-21(22)25)20-14-12-18-10-9-16-5-4-6-17-11-13-19(20)24(18)23(16)17;1-24(2)20-9-5-4-8-18(20)19-13-11-17(15-21(19)24)23-14-12-16-7-3-6-10-22(16)25-23;1-3-9-16(10-4-1)20-15-21(17-11-5-2-6-12-17)19-14-8-7-13-18(19)20;1-15-11-16(12-7-3-2-4-8-12)14-10-6-5-9-13(14)15;1-11-7-8-12(9-11)10-5-3-2-4-6-10;1-5(2,3)4(6)7;4*1-2(3)4;;;;;/h2-13,15H,1H3;3-10,12-15H,1-2H3;1-11,13-15H;2-7,9-11H,1H3;2-5,7-9H,1H3;1-3H3,(H,6,7);4*1H3,(H,3,4);;;;;/q;-1;;;;;;;;;;;;;/p+5. The molecule has 20 rings (SSSR count). The summed E-state index contributed by atoms with van der Waals surface area (Å²) in [5.74, 6) is -2.84. The third-order valence-corrected chi connectivity index (χ3v) is 19.7. The summed E-state index contributed by atoms with van der Waals surface area (Å²) < 4.78 is 17.1. The van der Waals surface area contributed by atoms with Crippen LogP contribution in [-0.2, 0) is 127 Å². The largest absolute Gasteiger partial charge is 0.485 e. The van der Waals surface area contributed by atoms with E-state index in [0.29, 0.717) is 0 Å². The average Bonchev–Trinajstić information content (AvgIpc) is 1.00. The smallest absolute Gasteiger partial charge is 0.339 e. The minimum absolute atomic E-state index is 0.